The fraction of sp³-hybridized carbons (Fsp3) is 0.556. The Morgan fingerprint density at radius 3 is 2.91 bits per heavy atom. The first-order chi connectivity index (χ1) is 11.1. The van der Waals surface area contributed by atoms with Gasteiger partial charge in [-0.15, -0.1) is 0 Å². The number of para-hydroxylation sites is 2. The van der Waals surface area contributed by atoms with E-state index in [1.165, 1.54) is 11.9 Å². The van der Waals surface area contributed by atoms with Gasteiger partial charge in [0.2, 0.25) is 5.91 Å². The maximum atomic E-state index is 11.6. The zero-order valence-electron chi connectivity index (χ0n) is 13.8. The summed E-state index contributed by atoms with van der Waals surface area (Å²) in [6.07, 6.45) is 3.03. The summed E-state index contributed by atoms with van der Waals surface area (Å²) in [5.41, 5.74) is 2.25. The van der Waals surface area contributed by atoms with E-state index in [-0.39, 0.29) is 5.91 Å². The molecule has 0 spiro atoms. The van der Waals surface area contributed by atoms with Crippen LogP contribution in [0.3, 0.4) is 0 Å². The normalized spacial score (nSPS) is 27.4. The molecule has 0 bridgehead atoms. The molecule has 0 unspecified atom stereocenters. The van der Waals surface area contributed by atoms with E-state index in [9.17, 15) is 4.79 Å². The maximum Gasteiger partial charge on any atom is 0.220 e. The number of aromatic nitrogens is 2. The Balaban J connectivity index is 1.48. The lowest BCUT2D eigenvalue weighted by Crippen LogP contribution is -2.38. The van der Waals surface area contributed by atoms with Gasteiger partial charge in [-0.05, 0) is 43.9 Å². The number of benzene rings is 1. The van der Waals surface area contributed by atoms with Crippen LogP contribution in [0.4, 0.5) is 0 Å². The van der Waals surface area contributed by atoms with Gasteiger partial charge in [0.25, 0.3) is 0 Å². The van der Waals surface area contributed by atoms with Crippen molar-refractivity contribution in [1.29, 1.82) is 0 Å². The third-order valence-electron chi connectivity index (χ3n) is 5.72. The molecule has 0 radical (unpaired) electrons. The lowest BCUT2D eigenvalue weighted by molar-refractivity contribution is -0.124. The monoisotopic (exact) mass is 312 g/mol. The van der Waals surface area contributed by atoms with Crippen LogP contribution in [-0.4, -0.2) is 40.0 Å². The second-order valence-electron chi connectivity index (χ2n) is 7.14. The highest BCUT2D eigenvalue weighted by molar-refractivity contribution is 5.77. The van der Waals surface area contributed by atoms with Crippen molar-refractivity contribution in [3.8, 4) is 0 Å². The van der Waals surface area contributed by atoms with Crippen LogP contribution in [0.15, 0.2) is 24.3 Å². The largest absolute Gasteiger partial charge is 0.356 e. The highest BCUT2D eigenvalue weighted by Gasteiger charge is 2.39. The van der Waals surface area contributed by atoms with Crippen molar-refractivity contribution in [1.82, 2.24) is 19.8 Å². The molecular weight excluding hydrogens is 288 g/mol. The summed E-state index contributed by atoms with van der Waals surface area (Å²) in [6, 6.07) is 8.84. The summed E-state index contributed by atoms with van der Waals surface area (Å²) in [6.45, 7) is 1.72. The van der Waals surface area contributed by atoms with Crippen LogP contribution in [0, 0.1) is 11.8 Å². The van der Waals surface area contributed by atoms with Crippen molar-refractivity contribution in [2.45, 2.75) is 31.8 Å². The van der Waals surface area contributed by atoms with Crippen molar-refractivity contribution in [3.63, 3.8) is 0 Å². The predicted octanol–water partition coefficient (Wildman–Crippen LogP) is 1.92. The van der Waals surface area contributed by atoms with Crippen LogP contribution in [0.5, 0.6) is 0 Å². The topological polar surface area (TPSA) is 50.2 Å². The number of hydrogen-bond acceptors (Lipinski definition) is 3. The van der Waals surface area contributed by atoms with E-state index >= 15 is 0 Å². The van der Waals surface area contributed by atoms with E-state index in [1.54, 1.807) is 0 Å². The lowest BCUT2D eigenvalue weighted by Gasteiger charge is -2.24. The summed E-state index contributed by atoms with van der Waals surface area (Å²) >= 11 is 0. The zero-order valence-corrected chi connectivity index (χ0v) is 13.8. The molecule has 1 N–H and O–H groups in total. The van der Waals surface area contributed by atoms with Crippen LogP contribution < -0.4 is 5.32 Å². The van der Waals surface area contributed by atoms with Crippen LogP contribution in [0.1, 0.15) is 25.1 Å². The van der Waals surface area contributed by atoms with Gasteiger partial charge in [0.1, 0.15) is 5.82 Å². The third-order valence-corrected chi connectivity index (χ3v) is 5.72. The van der Waals surface area contributed by atoms with Gasteiger partial charge in [-0.25, -0.2) is 4.98 Å². The molecule has 1 amide bonds. The number of amides is 1. The first kappa shape index (κ1) is 14.7. The van der Waals surface area contributed by atoms with Crippen LogP contribution in [0.25, 0.3) is 11.0 Å². The minimum atomic E-state index is 0.227. The SMILES string of the molecule is CN(Cc1nc2ccccc2n1C)[C@H]1C[C@H]2CC(=O)NC[C@H]2C1. The molecule has 5 nitrogen and oxygen atoms in total. The molecule has 2 aromatic rings. The number of fused-ring (bicyclic) bond motifs is 2. The molecule has 1 aromatic carbocycles. The van der Waals surface area contributed by atoms with E-state index in [2.05, 4.69) is 47.1 Å². The second-order valence-corrected chi connectivity index (χ2v) is 7.14. The molecule has 1 saturated carbocycles. The molecule has 23 heavy (non-hydrogen) atoms. The third kappa shape index (κ3) is 2.63. The Morgan fingerprint density at radius 1 is 1.30 bits per heavy atom. The molecule has 5 heteroatoms. The first-order valence-corrected chi connectivity index (χ1v) is 8.49. The lowest BCUT2D eigenvalue weighted by atomic mass is 9.89. The van der Waals surface area contributed by atoms with Crippen molar-refractivity contribution in [2.75, 3.05) is 13.6 Å². The molecular formula is C18H24N4O. The minimum Gasteiger partial charge on any atom is -0.356 e. The van der Waals surface area contributed by atoms with E-state index in [1.807, 2.05) is 6.07 Å². The zero-order chi connectivity index (χ0) is 16.0. The molecule has 2 aliphatic rings. The number of carbonyl (C=O) groups is 1. The van der Waals surface area contributed by atoms with Gasteiger partial charge >= 0.3 is 0 Å². The van der Waals surface area contributed by atoms with Gasteiger partial charge in [0.15, 0.2) is 0 Å². The summed E-state index contributed by atoms with van der Waals surface area (Å²) < 4.78 is 2.19. The quantitative estimate of drug-likeness (QED) is 0.942. The van der Waals surface area contributed by atoms with Crippen molar-refractivity contribution in [3.05, 3.63) is 30.1 Å². The average Bonchev–Trinajstić information content (AvgIpc) is 3.09. The van der Waals surface area contributed by atoms with Crippen LogP contribution in [0.2, 0.25) is 0 Å². The van der Waals surface area contributed by atoms with E-state index in [4.69, 9.17) is 4.98 Å². The highest BCUT2D eigenvalue weighted by atomic mass is 16.1. The number of nitrogens with one attached hydrogen (secondary N) is 1. The number of aryl methyl sites for hydroxylation is 1. The highest BCUT2D eigenvalue weighted by Crippen LogP contribution is 2.38. The number of nitrogens with zero attached hydrogens (tertiary/aromatic N) is 3. The number of imidazole rings is 1. The summed E-state index contributed by atoms with van der Waals surface area (Å²) in [7, 11) is 4.28. The van der Waals surface area contributed by atoms with Gasteiger partial charge in [-0.1, -0.05) is 12.1 Å². The Hall–Kier alpha value is -1.88. The number of rotatable bonds is 3. The predicted molar refractivity (Wildman–Crippen MR) is 89.8 cm³/mol. The summed E-state index contributed by atoms with van der Waals surface area (Å²) in [5.74, 6) is 2.56. The Kier molecular flexibility index (Phi) is 3.60. The standard InChI is InChI=1S/C18H24N4O/c1-21(14-7-12-9-18(23)19-10-13(12)8-14)11-17-20-15-5-3-4-6-16(15)22(17)2/h3-6,12-14H,7-11H2,1-2H3,(H,19,23)/t12-,13+,14-/m0/s1. The van der Waals surface area contributed by atoms with E-state index in [0.717, 1.165) is 30.9 Å². The second kappa shape index (κ2) is 5.64. The van der Waals surface area contributed by atoms with E-state index in [0.29, 0.717) is 24.3 Å². The Morgan fingerprint density at radius 2 is 2.09 bits per heavy atom. The molecule has 1 aliphatic carbocycles. The molecule has 4 rings (SSSR count). The van der Waals surface area contributed by atoms with Gasteiger partial charge in [-0.2, -0.15) is 0 Å². The molecule has 1 saturated heterocycles. The van der Waals surface area contributed by atoms with Gasteiger partial charge in [-0.3, -0.25) is 9.69 Å². The molecule has 1 aromatic heterocycles. The van der Waals surface area contributed by atoms with Gasteiger partial charge < -0.3 is 9.88 Å². The summed E-state index contributed by atoms with van der Waals surface area (Å²) in [4.78, 5) is 18.8. The first-order valence-electron chi connectivity index (χ1n) is 8.49. The maximum absolute atomic E-state index is 11.6. The van der Waals surface area contributed by atoms with Crippen molar-refractivity contribution in [2.24, 2.45) is 18.9 Å². The fourth-order valence-corrected chi connectivity index (χ4v) is 4.28. The molecule has 1 aliphatic heterocycles. The molecule has 122 valence electrons. The minimum absolute atomic E-state index is 0.227. The van der Waals surface area contributed by atoms with E-state index < -0.39 is 0 Å². The molecule has 3 atom stereocenters. The number of piperidine rings is 1. The molecule has 2 fully saturated rings. The van der Waals surface area contributed by atoms with Crippen LogP contribution in [-0.2, 0) is 18.4 Å². The van der Waals surface area contributed by atoms with Crippen molar-refractivity contribution < 1.29 is 4.79 Å². The average molecular weight is 312 g/mol. The molecule has 2 heterocycles. The number of hydrogen-bond donors (Lipinski definition) is 1. The fourth-order valence-electron chi connectivity index (χ4n) is 4.28. The number of carbonyl (C=O) groups excluding carboxylic acids is 1. The van der Waals surface area contributed by atoms with Gasteiger partial charge in [0.05, 0.1) is 17.6 Å². The Bertz CT molecular complexity index is 738. The summed E-state index contributed by atoms with van der Waals surface area (Å²) in [5, 5.41) is 3.02. The van der Waals surface area contributed by atoms with Crippen LogP contribution >= 0.6 is 0 Å². The van der Waals surface area contributed by atoms with Gasteiger partial charge in [0, 0.05) is 26.1 Å². The van der Waals surface area contributed by atoms with Crippen molar-refractivity contribution >= 4 is 16.9 Å². The Labute approximate surface area is 136 Å². The smallest absolute Gasteiger partial charge is 0.220 e.